The predicted octanol–water partition coefficient (Wildman–Crippen LogP) is 3.32. The van der Waals surface area contributed by atoms with Crippen LogP contribution in [0.15, 0.2) is 40.0 Å². The van der Waals surface area contributed by atoms with Gasteiger partial charge >= 0.3 is 18.0 Å². The van der Waals surface area contributed by atoms with Gasteiger partial charge in [-0.25, -0.2) is 0 Å². The molecule has 0 spiro atoms. The standard InChI is InChI=1S/C20H19F3N6O4/c1-19(12-26-11-17(29(30)31)25-18(26)33-19)27-4-6-28(7-5-27)24-10-15-9-13-8-14(20(21,22)23)2-3-16(13)32-15/h2-3,8-11H,4-7,12H2,1H3/t19-/m0/s1. The number of rotatable bonds is 4. The number of nitrogens with zero attached hydrogens (tertiary/aromatic N) is 6. The number of hydrogen-bond acceptors (Lipinski definition) is 8. The zero-order valence-electron chi connectivity index (χ0n) is 17.4. The third-order valence-electron chi connectivity index (χ3n) is 5.83. The Balaban J connectivity index is 1.20. The van der Waals surface area contributed by atoms with Gasteiger partial charge in [-0.15, -0.1) is 0 Å². The van der Waals surface area contributed by atoms with Crippen molar-refractivity contribution in [3.05, 3.63) is 51.9 Å². The van der Waals surface area contributed by atoms with E-state index in [0.29, 0.717) is 49.5 Å². The van der Waals surface area contributed by atoms with Crippen LogP contribution in [0.2, 0.25) is 0 Å². The summed E-state index contributed by atoms with van der Waals surface area (Å²) in [5, 5.41) is 17.5. The van der Waals surface area contributed by atoms with Gasteiger partial charge in [-0.05, 0) is 36.1 Å². The lowest BCUT2D eigenvalue weighted by Gasteiger charge is -2.41. The summed E-state index contributed by atoms with van der Waals surface area (Å²) < 4.78 is 51.8. The third-order valence-corrected chi connectivity index (χ3v) is 5.83. The van der Waals surface area contributed by atoms with Crippen molar-refractivity contribution in [3.8, 4) is 6.01 Å². The maximum atomic E-state index is 12.9. The molecular weight excluding hydrogens is 445 g/mol. The van der Waals surface area contributed by atoms with Gasteiger partial charge in [-0.3, -0.25) is 14.5 Å². The molecule has 1 fully saturated rings. The normalized spacial score (nSPS) is 21.6. The minimum atomic E-state index is -4.41. The van der Waals surface area contributed by atoms with E-state index in [2.05, 4.69) is 15.0 Å². The average molecular weight is 464 g/mol. The third kappa shape index (κ3) is 3.99. The first kappa shape index (κ1) is 21.2. The van der Waals surface area contributed by atoms with Crippen LogP contribution in [0.1, 0.15) is 18.2 Å². The van der Waals surface area contributed by atoms with Gasteiger partial charge in [-0.1, -0.05) is 0 Å². The molecule has 2 aliphatic rings. The largest absolute Gasteiger partial charge is 0.455 e. The van der Waals surface area contributed by atoms with Crippen molar-refractivity contribution < 1.29 is 27.2 Å². The number of benzene rings is 1. The van der Waals surface area contributed by atoms with Crippen LogP contribution in [-0.2, 0) is 12.7 Å². The van der Waals surface area contributed by atoms with E-state index in [0.717, 1.165) is 12.1 Å². The lowest BCUT2D eigenvalue weighted by molar-refractivity contribution is -0.389. The van der Waals surface area contributed by atoms with Gasteiger partial charge in [0.25, 0.3) is 0 Å². The topological polar surface area (TPSA) is 102 Å². The molecule has 1 saturated heterocycles. The van der Waals surface area contributed by atoms with E-state index in [-0.39, 0.29) is 11.8 Å². The number of halogens is 3. The fourth-order valence-electron chi connectivity index (χ4n) is 4.10. The lowest BCUT2D eigenvalue weighted by atomic mass is 10.1. The molecule has 2 aliphatic heterocycles. The molecule has 2 aromatic heterocycles. The van der Waals surface area contributed by atoms with E-state index in [1.54, 1.807) is 4.57 Å². The molecular formula is C20H19F3N6O4. The zero-order chi connectivity index (χ0) is 23.4. The molecule has 174 valence electrons. The summed E-state index contributed by atoms with van der Waals surface area (Å²) in [5.41, 5.74) is -1.03. The summed E-state index contributed by atoms with van der Waals surface area (Å²) in [6.07, 6.45) is -1.55. The summed E-state index contributed by atoms with van der Waals surface area (Å²) in [4.78, 5) is 16.3. The smallest absolute Gasteiger partial charge is 0.416 e. The molecule has 0 N–H and O–H groups in total. The van der Waals surface area contributed by atoms with E-state index in [9.17, 15) is 23.3 Å². The van der Waals surface area contributed by atoms with Crippen molar-refractivity contribution in [3.63, 3.8) is 0 Å². The van der Waals surface area contributed by atoms with Crippen LogP contribution in [0.4, 0.5) is 19.0 Å². The Morgan fingerprint density at radius 3 is 2.67 bits per heavy atom. The second-order valence-corrected chi connectivity index (χ2v) is 8.13. The second kappa shape index (κ2) is 7.47. The molecule has 3 aromatic rings. The number of aromatic nitrogens is 2. The quantitative estimate of drug-likeness (QED) is 0.332. The van der Waals surface area contributed by atoms with E-state index in [1.165, 1.54) is 24.5 Å². The number of hydrazone groups is 1. The molecule has 13 heteroatoms. The zero-order valence-corrected chi connectivity index (χ0v) is 17.4. The van der Waals surface area contributed by atoms with Crippen molar-refractivity contribution in [2.45, 2.75) is 25.4 Å². The molecule has 5 rings (SSSR count). The van der Waals surface area contributed by atoms with Crippen LogP contribution in [0, 0.1) is 10.1 Å². The Kier molecular flexibility index (Phi) is 4.81. The highest BCUT2D eigenvalue weighted by Gasteiger charge is 2.45. The van der Waals surface area contributed by atoms with Gasteiger partial charge in [0.05, 0.1) is 18.3 Å². The number of alkyl halides is 3. The summed E-state index contributed by atoms with van der Waals surface area (Å²) in [7, 11) is 0. The van der Waals surface area contributed by atoms with Gasteiger partial charge in [0.15, 0.2) is 5.72 Å². The monoisotopic (exact) mass is 464 g/mol. The molecule has 0 aliphatic carbocycles. The Bertz CT molecular complexity index is 1220. The average Bonchev–Trinajstić information content (AvgIpc) is 3.42. The SMILES string of the molecule is C[C@@]1(N2CCN(N=Cc3cc4cc(C(F)(F)F)ccc4o3)CC2)Cn2cc([N+](=O)[O-])nc2O1. The second-order valence-electron chi connectivity index (χ2n) is 8.13. The maximum absolute atomic E-state index is 12.9. The number of imidazole rings is 1. The van der Waals surface area contributed by atoms with Gasteiger partial charge in [0.1, 0.15) is 17.5 Å². The molecule has 1 aromatic carbocycles. The Morgan fingerprint density at radius 1 is 1.24 bits per heavy atom. The van der Waals surface area contributed by atoms with E-state index >= 15 is 0 Å². The lowest BCUT2D eigenvalue weighted by Crippen LogP contribution is -2.57. The number of hydrogen-bond donors (Lipinski definition) is 0. The molecule has 0 unspecified atom stereocenters. The van der Waals surface area contributed by atoms with Crippen LogP contribution in [-0.4, -0.2) is 62.5 Å². The van der Waals surface area contributed by atoms with Crippen molar-refractivity contribution >= 4 is 23.0 Å². The Labute approximate surface area is 185 Å². The predicted molar refractivity (Wildman–Crippen MR) is 110 cm³/mol. The number of nitro groups is 1. The van der Waals surface area contributed by atoms with Gasteiger partial charge in [0.2, 0.25) is 0 Å². The van der Waals surface area contributed by atoms with Crippen molar-refractivity contribution in [1.82, 2.24) is 19.5 Å². The number of fused-ring (bicyclic) bond motifs is 2. The van der Waals surface area contributed by atoms with Gasteiger partial charge in [-0.2, -0.15) is 18.3 Å². The van der Waals surface area contributed by atoms with E-state index in [4.69, 9.17) is 9.15 Å². The highest BCUT2D eigenvalue weighted by atomic mass is 19.4. The number of ether oxygens (including phenoxy) is 1. The first-order chi connectivity index (χ1) is 15.6. The molecule has 33 heavy (non-hydrogen) atoms. The number of piperazine rings is 1. The fraction of sp³-hybridized carbons (Fsp3) is 0.400. The minimum absolute atomic E-state index is 0.225. The highest BCUT2D eigenvalue weighted by Crippen LogP contribution is 2.34. The summed E-state index contributed by atoms with van der Waals surface area (Å²) in [6, 6.07) is 5.09. The van der Waals surface area contributed by atoms with Crippen LogP contribution in [0.5, 0.6) is 6.01 Å². The summed E-state index contributed by atoms with van der Waals surface area (Å²) >= 11 is 0. The molecule has 0 radical (unpaired) electrons. The van der Waals surface area contributed by atoms with E-state index < -0.39 is 22.4 Å². The molecule has 0 saturated carbocycles. The molecule has 0 bridgehead atoms. The van der Waals surface area contributed by atoms with Crippen LogP contribution >= 0.6 is 0 Å². The maximum Gasteiger partial charge on any atom is 0.416 e. The van der Waals surface area contributed by atoms with Crippen LogP contribution < -0.4 is 4.74 Å². The fourth-order valence-corrected chi connectivity index (χ4v) is 4.10. The molecule has 4 heterocycles. The first-order valence-electron chi connectivity index (χ1n) is 10.2. The molecule has 10 nitrogen and oxygen atoms in total. The molecule has 0 amide bonds. The van der Waals surface area contributed by atoms with Gasteiger partial charge < -0.3 is 19.3 Å². The Morgan fingerprint density at radius 2 is 2.00 bits per heavy atom. The first-order valence-corrected chi connectivity index (χ1v) is 10.2. The van der Waals surface area contributed by atoms with Crippen molar-refractivity contribution in [2.24, 2.45) is 5.10 Å². The van der Waals surface area contributed by atoms with Crippen molar-refractivity contribution in [2.75, 3.05) is 26.2 Å². The van der Waals surface area contributed by atoms with Crippen LogP contribution in [0.25, 0.3) is 11.0 Å². The Hall–Kier alpha value is -3.61. The highest BCUT2D eigenvalue weighted by molar-refractivity contribution is 5.87. The minimum Gasteiger partial charge on any atom is -0.455 e. The van der Waals surface area contributed by atoms with E-state index in [1.807, 2.05) is 11.9 Å². The summed E-state index contributed by atoms with van der Waals surface area (Å²) in [6.45, 7) is 4.79. The van der Waals surface area contributed by atoms with Crippen molar-refractivity contribution in [1.29, 1.82) is 0 Å². The summed E-state index contributed by atoms with van der Waals surface area (Å²) in [5.74, 6) is 0.122. The van der Waals surface area contributed by atoms with Gasteiger partial charge in [0, 0.05) is 36.5 Å². The molecule has 1 atom stereocenters. The number of furan rings is 1. The van der Waals surface area contributed by atoms with Crippen LogP contribution in [0.3, 0.4) is 0 Å².